The fourth-order valence-corrected chi connectivity index (χ4v) is 3.99. The molecule has 1 heterocycles. The van der Waals surface area contributed by atoms with E-state index in [0.717, 1.165) is 6.42 Å². The first-order valence-corrected chi connectivity index (χ1v) is 7.38. The summed E-state index contributed by atoms with van der Waals surface area (Å²) in [5, 5.41) is 2.68. The number of benzene rings is 1. The minimum absolute atomic E-state index is 0.500. The Kier molecular flexibility index (Phi) is 3.25. The number of nitrogens with two attached hydrogens (primary N) is 1. The van der Waals surface area contributed by atoms with Crippen LogP contribution in [-0.2, 0) is 6.42 Å². The van der Waals surface area contributed by atoms with Crippen molar-refractivity contribution in [3.05, 3.63) is 48.0 Å². The van der Waals surface area contributed by atoms with Crippen LogP contribution in [-0.4, -0.2) is 5.54 Å². The van der Waals surface area contributed by atoms with Crippen LogP contribution in [0.2, 0.25) is 0 Å². The molecule has 0 aromatic heterocycles. The van der Waals surface area contributed by atoms with Crippen LogP contribution in [0, 0.1) is 0 Å². The molecule has 1 heteroatoms. The lowest BCUT2D eigenvalue weighted by Gasteiger charge is -2.42. The summed E-state index contributed by atoms with van der Waals surface area (Å²) in [5.74, 6) is 0. The molecule has 1 atom stereocenters. The van der Waals surface area contributed by atoms with E-state index < -0.39 is 0 Å². The van der Waals surface area contributed by atoms with Crippen LogP contribution in [0.3, 0.4) is 0 Å². The van der Waals surface area contributed by atoms with Gasteiger partial charge in [0.05, 0.1) is 0 Å². The fourth-order valence-electron chi connectivity index (χ4n) is 3.99. The molecule has 0 unspecified atom stereocenters. The van der Waals surface area contributed by atoms with Crippen LogP contribution in [0.25, 0.3) is 0 Å². The average Bonchev–Trinajstić information content (AvgIpc) is 2.40. The molecule has 1 nitrogen and oxygen atoms in total. The largest absolute Gasteiger partial charge is 0.335 e. The lowest BCUT2D eigenvalue weighted by atomic mass is 9.72. The van der Waals surface area contributed by atoms with Gasteiger partial charge in [-0.2, -0.15) is 0 Å². The first kappa shape index (κ1) is 12.0. The van der Waals surface area contributed by atoms with Crippen molar-refractivity contribution in [2.45, 2.75) is 56.5 Å². The molecule has 0 saturated heterocycles. The Morgan fingerprint density at radius 1 is 1.22 bits per heavy atom. The molecule has 1 fully saturated rings. The Labute approximate surface area is 110 Å². The summed E-state index contributed by atoms with van der Waals surface area (Å²) in [6.07, 6.45) is 11.5. The van der Waals surface area contributed by atoms with Gasteiger partial charge in [0.1, 0.15) is 11.6 Å². The maximum atomic E-state index is 3.94. The van der Waals surface area contributed by atoms with E-state index in [1.807, 2.05) is 0 Å². The summed E-state index contributed by atoms with van der Waals surface area (Å²) in [5.41, 5.74) is 3.64. The van der Waals surface area contributed by atoms with Crippen molar-refractivity contribution in [3.8, 4) is 0 Å². The molecule has 1 aromatic carbocycles. The van der Waals surface area contributed by atoms with Gasteiger partial charge in [0.2, 0.25) is 0 Å². The zero-order valence-corrected chi connectivity index (χ0v) is 11.2. The number of hydrogen-bond donors (Lipinski definition) is 1. The molecule has 96 valence electrons. The molecule has 1 aliphatic heterocycles. The molecule has 18 heavy (non-hydrogen) atoms. The van der Waals surface area contributed by atoms with Gasteiger partial charge in [0, 0.05) is 31.2 Å². The third-order valence-electron chi connectivity index (χ3n) is 4.82. The second-order valence-electron chi connectivity index (χ2n) is 6.10. The first-order valence-electron chi connectivity index (χ1n) is 7.38. The van der Waals surface area contributed by atoms with E-state index in [0.29, 0.717) is 11.6 Å². The summed E-state index contributed by atoms with van der Waals surface area (Å²) in [6.45, 7) is 3.94. The summed E-state index contributed by atoms with van der Waals surface area (Å²) >= 11 is 0. The zero-order chi connectivity index (χ0) is 12.4. The van der Waals surface area contributed by atoms with E-state index in [1.165, 1.54) is 38.5 Å². The van der Waals surface area contributed by atoms with E-state index in [-0.39, 0.29) is 0 Å². The number of quaternary nitrogens is 1. The van der Waals surface area contributed by atoms with Gasteiger partial charge in [-0.05, 0) is 18.4 Å². The Balaban J connectivity index is 1.93. The molecule has 1 aromatic rings. The Morgan fingerprint density at radius 2 is 2.00 bits per heavy atom. The zero-order valence-electron chi connectivity index (χ0n) is 11.2. The summed E-state index contributed by atoms with van der Waals surface area (Å²) in [7, 11) is 0. The van der Waals surface area contributed by atoms with Crippen molar-refractivity contribution < 1.29 is 5.32 Å². The van der Waals surface area contributed by atoms with E-state index in [2.05, 4.69) is 42.2 Å². The maximum absolute atomic E-state index is 3.94. The van der Waals surface area contributed by atoms with Gasteiger partial charge in [-0.1, -0.05) is 36.8 Å². The summed E-state index contributed by atoms with van der Waals surface area (Å²) in [6, 6.07) is 9.64. The molecule has 0 amide bonds. The number of hydrogen-bond acceptors (Lipinski definition) is 0. The highest BCUT2D eigenvalue weighted by molar-refractivity contribution is 5.32. The standard InChI is InChI=1S/C17H23N/c1-2-8-16-15-10-5-4-9-14(15)13-17(18-16)11-6-3-7-12-17/h2,4-5,9-10,16,18H,1,3,6-8,11-13H2/p+1/t16-/m1/s1. The minimum atomic E-state index is 0.500. The average molecular weight is 242 g/mol. The van der Waals surface area contributed by atoms with Crippen molar-refractivity contribution >= 4 is 0 Å². The molecular weight excluding hydrogens is 218 g/mol. The van der Waals surface area contributed by atoms with Gasteiger partial charge >= 0.3 is 0 Å². The second kappa shape index (κ2) is 4.89. The Hall–Kier alpha value is -1.08. The lowest BCUT2D eigenvalue weighted by molar-refractivity contribution is -0.769. The van der Waals surface area contributed by atoms with Gasteiger partial charge in [0.15, 0.2) is 0 Å². The minimum Gasteiger partial charge on any atom is -0.335 e. The SMILES string of the molecule is C=CC[C@H]1[NH2+]C2(CCCCC2)Cc2ccccc21. The van der Waals surface area contributed by atoms with Crippen molar-refractivity contribution in [2.24, 2.45) is 0 Å². The van der Waals surface area contributed by atoms with Crippen LogP contribution in [0.1, 0.15) is 55.7 Å². The molecule has 1 saturated carbocycles. The highest BCUT2D eigenvalue weighted by atomic mass is 15.0. The predicted molar refractivity (Wildman–Crippen MR) is 75.4 cm³/mol. The number of fused-ring (bicyclic) bond motifs is 1. The van der Waals surface area contributed by atoms with E-state index in [4.69, 9.17) is 0 Å². The van der Waals surface area contributed by atoms with E-state index in [9.17, 15) is 0 Å². The molecule has 0 bridgehead atoms. The van der Waals surface area contributed by atoms with Crippen LogP contribution in [0.4, 0.5) is 0 Å². The number of rotatable bonds is 2. The van der Waals surface area contributed by atoms with Crippen molar-refractivity contribution in [1.29, 1.82) is 0 Å². The van der Waals surface area contributed by atoms with Crippen molar-refractivity contribution in [3.63, 3.8) is 0 Å². The summed E-state index contributed by atoms with van der Waals surface area (Å²) < 4.78 is 0. The Bertz CT molecular complexity index is 429. The van der Waals surface area contributed by atoms with Crippen LogP contribution < -0.4 is 5.32 Å². The normalized spacial score (nSPS) is 25.7. The van der Waals surface area contributed by atoms with E-state index >= 15 is 0 Å². The van der Waals surface area contributed by atoms with E-state index in [1.54, 1.807) is 11.1 Å². The quantitative estimate of drug-likeness (QED) is 0.767. The van der Waals surface area contributed by atoms with Gasteiger partial charge in [-0.15, -0.1) is 6.58 Å². The molecule has 2 aliphatic rings. The molecule has 2 N–H and O–H groups in total. The molecule has 3 rings (SSSR count). The third kappa shape index (κ3) is 2.12. The third-order valence-corrected chi connectivity index (χ3v) is 4.82. The smallest absolute Gasteiger partial charge is 0.116 e. The topological polar surface area (TPSA) is 16.6 Å². The lowest BCUT2D eigenvalue weighted by Crippen LogP contribution is -2.99. The van der Waals surface area contributed by atoms with Gasteiger partial charge in [-0.3, -0.25) is 0 Å². The fraction of sp³-hybridized carbons (Fsp3) is 0.529. The Morgan fingerprint density at radius 3 is 2.78 bits per heavy atom. The van der Waals surface area contributed by atoms with Crippen LogP contribution in [0.15, 0.2) is 36.9 Å². The highest BCUT2D eigenvalue weighted by Gasteiger charge is 2.42. The van der Waals surface area contributed by atoms with Gasteiger partial charge < -0.3 is 5.32 Å². The molecular formula is C17H24N+. The summed E-state index contributed by atoms with van der Waals surface area (Å²) in [4.78, 5) is 0. The molecule has 1 spiro atoms. The predicted octanol–water partition coefficient (Wildman–Crippen LogP) is 3.13. The highest BCUT2D eigenvalue weighted by Crippen LogP contribution is 2.34. The maximum Gasteiger partial charge on any atom is 0.116 e. The second-order valence-corrected chi connectivity index (χ2v) is 6.10. The first-order chi connectivity index (χ1) is 8.83. The molecule has 0 radical (unpaired) electrons. The van der Waals surface area contributed by atoms with Gasteiger partial charge in [0.25, 0.3) is 0 Å². The van der Waals surface area contributed by atoms with Gasteiger partial charge in [-0.25, -0.2) is 0 Å². The van der Waals surface area contributed by atoms with Crippen molar-refractivity contribution in [2.75, 3.05) is 0 Å². The van der Waals surface area contributed by atoms with Crippen LogP contribution >= 0.6 is 0 Å². The monoisotopic (exact) mass is 242 g/mol. The van der Waals surface area contributed by atoms with Crippen molar-refractivity contribution in [1.82, 2.24) is 0 Å². The molecule has 1 aliphatic carbocycles. The van der Waals surface area contributed by atoms with Crippen LogP contribution in [0.5, 0.6) is 0 Å².